The van der Waals surface area contributed by atoms with Crippen LogP contribution in [0.15, 0.2) is 12.5 Å². The number of aryl methyl sites for hydroxylation is 1. The number of piperidine rings is 1. The third-order valence-corrected chi connectivity index (χ3v) is 7.54. The molecule has 164 valence electrons. The lowest BCUT2D eigenvalue weighted by Crippen LogP contribution is -2.45. The number of amides is 3. The Morgan fingerprint density at radius 3 is 2.63 bits per heavy atom. The van der Waals surface area contributed by atoms with Crippen molar-refractivity contribution in [3.63, 3.8) is 0 Å². The maximum atomic E-state index is 13.2. The summed E-state index contributed by atoms with van der Waals surface area (Å²) in [4.78, 5) is 45.1. The summed E-state index contributed by atoms with van der Waals surface area (Å²) in [6.07, 6.45) is 8.64. The van der Waals surface area contributed by atoms with E-state index < -0.39 is 0 Å². The maximum absolute atomic E-state index is 13.2. The van der Waals surface area contributed by atoms with Gasteiger partial charge in [-0.2, -0.15) is 0 Å². The van der Waals surface area contributed by atoms with E-state index in [9.17, 15) is 14.4 Å². The Hall–Kier alpha value is -2.38. The highest BCUT2D eigenvalue weighted by molar-refractivity contribution is 5.80. The van der Waals surface area contributed by atoms with Gasteiger partial charge in [-0.25, -0.2) is 4.98 Å². The SMILES string of the molecule is CC(=O)N1CCC(C(=O)N2C[C@@H]3CCC[C@]3(CNC(=O)Cc3cncn3C)C2)CC1. The molecule has 1 saturated carbocycles. The van der Waals surface area contributed by atoms with Gasteiger partial charge in [-0.3, -0.25) is 14.4 Å². The number of rotatable bonds is 5. The molecule has 3 amide bonds. The van der Waals surface area contributed by atoms with Crippen molar-refractivity contribution in [2.24, 2.45) is 24.3 Å². The number of hydrogen-bond donors (Lipinski definition) is 1. The van der Waals surface area contributed by atoms with Gasteiger partial charge in [-0.15, -0.1) is 0 Å². The molecule has 0 unspecified atom stereocenters. The number of carbonyl (C=O) groups excluding carboxylic acids is 3. The monoisotopic (exact) mass is 415 g/mol. The number of fused-ring (bicyclic) bond motifs is 1. The average molecular weight is 416 g/mol. The minimum Gasteiger partial charge on any atom is -0.355 e. The Morgan fingerprint density at radius 2 is 1.97 bits per heavy atom. The normalized spacial score (nSPS) is 26.7. The zero-order valence-corrected chi connectivity index (χ0v) is 18.1. The molecule has 1 aromatic heterocycles. The van der Waals surface area contributed by atoms with E-state index in [2.05, 4.69) is 10.3 Å². The molecule has 2 atom stereocenters. The van der Waals surface area contributed by atoms with Crippen LogP contribution in [-0.2, 0) is 27.9 Å². The fourth-order valence-corrected chi connectivity index (χ4v) is 5.63. The zero-order valence-electron chi connectivity index (χ0n) is 18.1. The number of hydrogen-bond acceptors (Lipinski definition) is 4. The van der Waals surface area contributed by atoms with Crippen molar-refractivity contribution in [2.75, 3.05) is 32.7 Å². The van der Waals surface area contributed by atoms with Crippen molar-refractivity contribution in [1.82, 2.24) is 24.7 Å². The molecule has 1 aliphatic carbocycles. The highest BCUT2D eigenvalue weighted by atomic mass is 16.2. The fraction of sp³-hybridized carbons (Fsp3) is 0.727. The number of carbonyl (C=O) groups is 3. The lowest BCUT2D eigenvalue weighted by molar-refractivity contribution is -0.139. The van der Waals surface area contributed by atoms with Crippen molar-refractivity contribution in [2.45, 2.75) is 45.4 Å². The lowest BCUT2D eigenvalue weighted by atomic mass is 9.80. The summed E-state index contributed by atoms with van der Waals surface area (Å²) < 4.78 is 1.86. The van der Waals surface area contributed by atoms with Crippen molar-refractivity contribution < 1.29 is 14.4 Å². The second-order valence-electron chi connectivity index (χ2n) is 9.40. The summed E-state index contributed by atoms with van der Waals surface area (Å²) in [7, 11) is 1.89. The smallest absolute Gasteiger partial charge is 0.226 e. The summed E-state index contributed by atoms with van der Waals surface area (Å²) in [6, 6.07) is 0. The van der Waals surface area contributed by atoms with Gasteiger partial charge in [0.15, 0.2) is 0 Å². The first-order chi connectivity index (χ1) is 14.4. The Balaban J connectivity index is 1.33. The van der Waals surface area contributed by atoms with Gasteiger partial charge in [0.2, 0.25) is 17.7 Å². The molecule has 1 aromatic rings. The molecule has 0 bridgehead atoms. The molecular formula is C22H33N5O3. The Labute approximate surface area is 178 Å². The third kappa shape index (κ3) is 4.09. The largest absolute Gasteiger partial charge is 0.355 e. The molecular weight excluding hydrogens is 382 g/mol. The number of imidazole rings is 1. The van der Waals surface area contributed by atoms with Gasteiger partial charge in [-0.05, 0) is 31.6 Å². The molecule has 0 radical (unpaired) electrons. The van der Waals surface area contributed by atoms with Gasteiger partial charge in [0.25, 0.3) is 0 Å². The quantitative estimate of drug-likeness (QED) is 0.776. The first-order valence-electron chi connectivity index (χ1n) is 11.1. The van der Waals surface area contributed by atoms with Crippen LogP contribution in [0.4, 0.5) is 0 Å². The van der Waals surface area contributed by atoms with E-state index in [4.69, 9.17) is 0 Å². The summed E-state index contributed by atoms with van der Waals surface area (Å²) >= 11 is 0. The second-order valence-corrected chi connectivity index (χ2v) is 9.40. The summed E-state index contributed by atoms with van der Waals surface area (Å²) in [5.41, 5.74) is 0.908. The Kier molecular flexibility index (Phi) is 5.84. The van der Waals surface area contributed by atoms with E-state index in [1.807, 2.05) is 21.4 Å². The molecule has 8 heteroatoms. The van der Waals surface area contributed by atoms with Crippen LogP contribution in [0.1, 0.15) is 44.7 Å². The van der Waals surface area contributed by atoms with E-state index in [-0.39, 0.29) is 29.1 Å². The standard InChI is InChI=1S/C22H33N5O3/c1-16(28)26-8-5-17(6-9-26)21(30)27-12-18-4-3-7-22(18,14-27)13-24-20(29)10-19-11-23-15-25(19)2/h11,15,17-18H,3-10,12-14H2,1-2H3,(H,24,29)/t18-,22-/m0/s1. The first kappa shape index (κ1) is 20.9. The molecule has 3 fully saturated rings. The molecule has 3 aliphatic rings. The lowest BCUT2D eigenvalue weighted by Gasteiger charge is -2.33. The van der Waals surface area contributed by atoms with Gasteiger partial charge >= 0.3 is 0 Å². The number of likely N-dealkylation sites (tertiary alicyclic amines) is 2. The molecule has 30 heavy (non-hydrogen) atoms. The van der Waals surface area contributed by atoms with Gasteiger partial charge < -0.3 is 19.7 Å². The molecule has 0 spiro atoms. The topological polar surface area (TPSA) is 87.5 Å². The highest BCUT2D eigenvalue weighted by Crippen LogP contribution is 2.48. The predicted molar refractivity (Wildman–Crippen MR) is 111 cm³/mol. The third-order valence-electron chi connectivity index (χ3n) is 7.54. The van der Waals surface area contributed by atoms with Crippen LogP contribution in [0.2, 0.25) is 0 Å². The maximum Gasteiger partial charge on any atom is 0.226 e. The van der Waals surface area contributed by atoms with Crippen LogP contribution in [0.3, 0.4) is 0 Å². The number of nitrogens with one attached hydrogen (secondary N) is 1. The zero-order chi connectivity index (χ0) is 21.3. The predicted octanol–water partition coefficient (Wildman–Crippen LogP) is 0.966. The molecule has 3 heterocycles. The van der Waals surface area contributed by atoms with Gasteiger partial charge in [0, 0.05) is 69.9 Å². The second kappa shape index (κ2) is 8.40. The van der Waals surface area contributed by atoms with Crippen molar-refractivity contribution in [1.29, 1.82) is 0 Å². The van der Waals surface area contributed by atoms with Crippen LogP contribution in [0.5, 0.6) is 0 Å². The minimum absolute atomic E-state index is 0.0118. The van der Waals surface area contributed by atoms with Gasteiger partial charge in [0.05, 0.1) is 12.7 Å². The fourth-order valence-electron chi connectivity index (χ4n) is 5.63. The average Bonchev–Trinajstić information content (AvgIpc) is 3.40. The van der Waals surface area contributed by atoms with E-state index in [0.29, 0.717) is 32.0 Å². The van der Waals surface area contributed by atoms with Crippen molar-refractivity contribution >= 4 is 17.7 Å². The molecule has 1 N–H and O–H groups in total. The Morgan fingerprint density at radius 1 is 1.20 bits per heavy atom. The van der Waals surface area contributed by atoms with Gasteiger partial charge in [0.1, 0.15) is 0 Å². The highest BCUT2D eigenvalue weighted by Gasteiger charge is 2.51. The van der Waals surface area contributed by atoms with Gasteiger partial charge in [-0.1, -0.05) is 6.42 Å². The van der Waals surface area contributed by atoms with E-state index in [0.717, 1.165) is 44.5 Å². The number of nitrogens with zero attached hydrogens (tertiary/aromatic N) is 4. The molecule has 4 rings (SSSR count). The molecule has 8 nitrogen and oxygen atoms in total. The van der Waals surface area contributed by atoms with Crippen LogP contribution in [0.25, 0.3) is 0 Å². The van der Waals surface area contributed by atoms with Crippen LogP contribution >= 0.6 is 0 Å². The minimum atomic E-state index is 0.0118. The number of aromatic nitrogens is 2. The summed E-state index contributed by atoms with van der Waals surface area (Å²) in [5, 5.41) is 3.15. The molecule has 0 aromatic carbocycles. The van der Waals surface area contributed by atoms with E-state index >= 15 is 0 Å². The van der Waals surface area contributed by atoms with Crippen LogP contribution in [-0.4, -0.2) is 69.8 Å². The van der Waals surface area contributed by atoms with Crippen LogP contribution in [0, 0.1) is 17.3 Å². The van der Waals surface area contributed by atoms with E-state index in [1.165, 1.54) is 6.42 Å². The van der Waals surface area contributed by atoms with Crippen molar-refractivity contribution in [3.8, 4) is 0 Å². The summed E-state index contributed by atoms with van der Waals surface area (Å²) in [6.45, 7) is 5.15. The van der Waals surface area contributed by atoms with Crippen LogP contribution < -0.4 is 5.32 Å². The first-order valence-corrected chi connectivity index (χ1v) is 11.1. The van der Waals surface area contributed by atoms with Crippen molar-refractivity contribution in [3.05, 3.63) is 18.2 Å². The Bertz CT molecular complexity index is 813. The summed E-state index contributed by atoms with van der Waals surface area (Å²) in [5.74, 6) is 0.845. The molecule has 2 saturated heterocycles. The molecule has 2 aliphatic heterocycles. The van der Waals surface area contributed by atoms with E-state index in [1.54, 1.807) is 19.4 Å².